The number of carbonyl (C=O) groups is 2. The molecule has 1 fully saturated rings. The summed E-state index contributed by atoms with van der Waals surface area (Å²) in [6.45, 7) is 10.9. The maximum Gasteiger partial charge on any atom is 0.490 e. The van der Waals surface area contributed by atoms with Gasteiger partial charge in [0, 0.05) is 43.0 Å². The monoisotopic (exact) mass is 568 g/mol. The first-order valence-electron chi connectivity index (χ1n) is 11.8. The van der Waals surface area contributed by atoms with Crippen LogP contribution in [0.5, 0.6) is 0 Å². The molecule has 3 aromatic rings. The summed E-state index contributed by atoms with van der Waals surface area (Å²) in [5.74, 6) is -2.37. The first kappa shape index (κ1) is 29.7. The van der Waals surface area contributed by atoms with Crippen LogP contribution < -0.4 is 9.80 Å². The zero-order valence-electron chi connectivity index (χ0n) is 21.7. The Morgan fingerprint density at radius 2 is 1.72 bits per heavy atom. The normalized spacial score (nSPS) is 14.4. The van der Waals surface area contributed by atoms with E-state index in [1.807, 2.05) is 39.0 Å². The van der Waals surface area contributed by atoms with Crippen LogP contribution in [0.25, 0.3) is 17.1 Å². The molecule has 1 aliphatic heterocycles. The number of fused-ring (bicyclic) bond motifs is 1. The second-order valence-electron chi connectivity index (χ2n) is 9.61. The predicted octanol–water partition coefficient (Wildman–Crippen LogP) is 4.63. The number of H-pyrrole nitrogens is 1. The minimum Gasteiger partial charge on any atom is -0.475 e. The van der Waals surface area contributed by atoms with Crippen LogP contribution in [0.4, 0.5) is 24.7 Å². The van der Waals surface area contributed by atoms with Crippen molar-refractivity contribution in [2.75, 3.05) is 36.0 Å². The molecule has 0 unspecified atom stereocenters. The Labute approximate surface area is 227 Å². The van der Waals surface area contributed by atoms with Crippen LogP contribution in [-0.4, -0.2) is 75.2 Å². The van der Waals surface area contributed by atoms with Crippen LogP contribution >= 0.6 is 11.6 Å². The third kappa shape index (κ3) is 8.06. The molecule has 1 aliphatic rings. The Kier molecular flexibility index (Phi) is 9.05. The molecule has 0 atom stereocenters. The van der Waals surface area contributed by atoms with Gasteiger partial charge in [-0.25, -0.2) is 19.6 Å². The lowest BCUT2D eigenvalue weighted by molar-refractivity contribution is -0.192. The van der Waals surface area contributed by atoms with Crippen molar-refractivity contribution in [1.82, 2.24) is 20.2 Å². The molecule has 10 nitrogen and oxygen atoms in total. The van der Waals surface area contributed by atoms with Crippen molar-refractivity contribution in [3.8, 4) is 0 Å². The highest BCUT2D eigenvalue weighted by Crippen LogP contribution is 2.29. The van der Waals surface area contributed by atoms with E-state index >= 15 is 0 Å². The van der Waals surface area contributed by atoms with Crippen LogP contribution in [0, 0.1) is 6.92 Å². The minimum absolute atomic E-state index is 0.413. The number of aryl methyl sites for hydroxylation is 1. The molecule has 3 heterocycles. The number of piperazine rings is 1. The van der Waals surface area contributed by atoms with Crippen molar-refractivity contribution in [3.63, 3.8) is 0 Å². The maximum atomic E-state index is 12.1. The molecule has 0 amide bonds. The minimum atomic E-state index is -5.08. The maximum absolute atomic E-state index is 12.1. The average Bonchev–Trinajstić information content (AvgIpc) is 3.26. The van der Waals surface area contributed by atoms with Gasteiger partial charge in [0.1, 0.15) is 17.7 Å². The SMILES string of the molecule is Cc1ccc(Cl)cc1N1CCN(c2ncnc3n[nH]c(/C=C/C(=O)OC(C)(C)C)c23)CC1.O=C(O)C(F)(F)F. The van der Waals surface area contributed by atoms with Crippen molar-refractivity contribution < 1.29 is 32.6 Å². The summed E-state index contributed by atoms with van der Waals surface area (Å²) in [6.07, 6.45) is -0.496. The lowest BCUT2D eigenvalue weighted by atomic mass is 10.1. The number of anilines is 2. The standard InChI is InChI=1S/C23H27ClN6O2.C2HF3O2/c1-15-5-6-16(24)13-18(15)29-9-11-30(12-10-29)22-20-17(27-28-21(20)25-14-26-22)7-8-19(31)32-23(2,3)4;3-2(4,5)1(6)7/h5-8,13-14H,9-12H2,1-4H3,(H,25,26,27,28);(H,6,7)/b8-7+;. The van der Waals surface area contributed by atoms with Crippen molar-refractivity contribution in [2.45, 2.75) is 39.5 Å². The van der Waals surface area contributed by atoms with E-state index in [0.29, 0.717) is 11.3 Å². The third-order valence-electron chi connectivity index (χ3n) is 5.49. The molecule has 14 heteroatoms. The van der Waals surface area contributed by atoms with E-state index in [1.54, 1.807) is 6.08 Å². The van der Waals surface area contributed by atoms with E-state index in [1.165, 1.54) is 18.0 Å². The Morgan fingerprint density at radius 1 is 1.10 bits per heavy atom. The predicted molar refractivity (Wildman–Crippen MR) is 141 cm³/mol. The van der Waals surface area contributed by atoms with Gasteiger partial charge in [0.15, 0.2) is 5.65 Å². The number of hydrogen-bond donors (Lipinski definition) is 2. The Balaban J connectivity index is 0.000000532. The topological polar surface area (TPSA) is 125 Å². The number of esters is 1. The van der Waals surface area contributed by atoms with Gasteiger partial charge in [0.05, 0.1) is 11.1 Å². The number of nitrogens with zero attached hydrogens (tertiary/aromatic N) is 5. The number of aromatic amines is 1. The number of ether oxygens (including phenoxy) is 1. The van der Waals surface area contributed by atoms with E-state index in [0.717, 1.165) is 48.1 Å². The fourth-order valence-electron chi connectivity index (χ4n) is 3.79. The molecule has 0 radical (unpaired) electrons. The molecule has 2 aromatic heterocycles. The Morgan fingerprint density at radius 3 is 2.31 bits per heavy atom. The summed E-state index contributed by atoms with van der Waals surface area (Å²) in [7, 11) is 0. The Hall–Kier alpha value is -3.87. The molecule has 210 valence electrons. The van der Waals surface area contributed by atoms with Crippen molar-refractivity contribution in [3.05, 3.63) is 46.9 Å². The van der Waals surface area contributed by atoms with Gasteiger partial charge in [-0.05, 0) is 51.5 Å². The van der Waals surface area contributed by atoms with Gasteiger partial charge in [0.25, 0.3) is 0 Å². The summed E-state index contributed by atoms with van der Waals surface area (Å²) < 4.78 is 37.1. The van der Waals surface area contributed by atoms with E-state index in [4.69, 9.17) is 26.2 Å². The van der Waals surface area contributed by atoms with Crippen LogP contribution in [0.1, 0.15) is 32.0 Å². The summed E-state index contributed by atoms with van der Waals surface area (Å²) in [4.78, 5) is 34.4. The van der Waals surface area contributed by atoms with E-state index in [9.17, 15) is 18.0 Å². The number of carboxylic acid groups (broad SMARTS) is 1. The largest absolute Gasteiger partial charge is 0.490 e. The van der Waals surface area contributed by atoms with Crippen molar-refractivity contribution in [1.29, 1.82) is 0 Å². The van der Waals surface area contributed by atoms with Crippen LogP contribution in [-0.2, 0) is 14.3 Å². The zero-order valence-corrected chi connectivity index (χ0v) is 22.5. The highest BCUT2D eigenvalue weighted by molar-refractivity contribution is 6.30. The quantitative estimate of drug-likeness (QED) is 0.342. The molecule has 4 rings (SSSR count). The highest BCUT2D eigenvalue weighted by Gasteiger charge is 2.38. The molecular weight excluding hydrogens is 541 g/mol. The summed E-state index contributed by atoms with van der Waals surface area (Å²) in [5.41, 5.74) is 3.06. The zero-order chi connectivity index (χ0) is 29.0. The molecule has 0 saturated carbocycles. The van der Waals surface area contributed by atoms with E-state index in [-0.39, 0.29) is 0 Å². The number of nitrogens with one attached hydrogen (secondary N) is 1. The molecule has 1 saturated heterocycles. The summed E-state index contributed by atoms with van der Waals surface area (Å²) in [6, 6.07) is 5.98. The van der Waals surface area contributed by atoms with Gasteiger partial charge in [-0.1, -0.05) is 17.7 Å². The van der Waals surface area contributed by atoms with Crippen molar-refractivity contribution in [2.24, 2.45) is 0 Å². The second-order valence-corrected chi connectivity index (χ2v) is 10.0. The van der Waals surface area contributed by atoms with Crippen LogP contribution in [0.2, 0.25) is 5.02 Å². The van der Waals surface area contributed by atoms with Gasteiger partial charge in [0.2, 0.25) is 0 Å². The second kappa shape index (κ2) is 11.9. The molecule has 0 spiro atoms. The smallest absolute Gasteiger partial charge is 0.475 e. The molecule has 1 aromatic carbocycles. The van der Waals surface area contributed by atoms with Gasteiger partial charge in [-0.15, -0.1) is 0 Å². The van der Waals surface area contributed by atoms with Gasteiger partial charge in [-0.2, -0.15) is 18.3 Å². The van der Waals surface area contributed by atoms with Gasteiger partial charge >= 0.3 is 18.1 Å². The third-order valence-corrected chi connectivity index (χ3v) is 5.72. The average molecular weight is 569 g/mol. The number of carboxylic acids is 1. The number of aliphatic carboxylic acids is 1. The number of hydrogen-bond acceptors (Lipinski definition) is 8. The number of carbonyl (C=O) groups excluding carboxylic acids is 1. The van der Waals surface area contributed by atoms with Gasteiger partial charge in [-0.3, -0.25) is 5.10 Å². The van der Waals surface area contributed by atoms with Gasteiger partial charge < -0.3 is 19.6 Å². The molecule has 0 aliphatic carbocycles. The number of aromatic nitrogens is 4. The highest BCUT2D eigenvalue weighted by atomic mass is 35.5. The van der Waals surface area contributed by atoms with Crippen LogP contribution in [0.15, 0.2) is 30.6 Å². The van der Waals surface area contributed by atoms with E-state index in [2.05, 4.69) is 36.9 Å². The molecule has 2 N–H and O–H groups in total. The fourth-order valence-corrected chi connectivity index (χ4v) is 3.96. The summed E-state index contributed by atoms with van der Waals surface area (Å²) >= 11 is 6.21. The first-order valence-corrected chi connectivity index (χ1v) is 12.2. The lowest BCUT2D eigenvalue weighted by Gasteiger charge is -2.37. The number of benzene rings is 1. The lowest BCUT2D eigenvalue weighted by Crippen LogP contribution is -2.47. The number of alkyl halides is 3. The summed E-state index contributed by atoms with van der Waals surface area (Å²) in [5, 5.41) is 15.9. The number of halogens is 4. The molecule has 0 bridgehead atoms. The molecular formula is C25H28ClF3N6O4. The molecule has 39 heavy (non-hydrogen) atoms. The first-order chi connectivity index (χ1) is 18.2. The fraction of sp³-hybridized carbons (Fsp3) is 0.400. The number of rotatable bonds is 4. The van der Waals surface area contributed by atoms with E-state index < -0.39 is 23.7 Å². The Bertz CT molecular complexity index is 1360. The van der Waals surface area contributed by atoms with Crippen molar-refractivity contribution >= 4 is 52.2 Å². The van der Waals surface area contributed by atoms with Crippen LogP contribution in [0.3, 0.4) is 0 Å².